The van der Waals surface area contributed by atoms with E-state index in [9.17, 15) is 14.4 Å². The number of nitrogens with one attached hydrogen (secondary N) is 1. The number of amides is 3. The molecular weight excluding hydrogens is 276 g/mol. The molecule has 0 saturated carbocycles. The normalized spacial score (nSPS) is 9.76. The van der Waals surface area contributed by atoms with Crippen LogP contribution in [0, 0.1) is 6.92 Å². The van der Waals surface area contributed by atoms with Gasteiger partial charge in [-0.05, 0) is 25.5 Å². The average molecular weight is 294 g/mol. The van der Waals surface area contributed by atoms with Crippen molar-refractivity contribution in [2.24, 2.45) is 5.73 Å². The van der Waals surface area contributed by atoms with Crippen LogP contribution in [0.5, 0.6) is 5.75 Å². The highest BCUT2D eigenvalue weighted by atomic mass is 16.5. The van der Waals surface area contributed by atoms with Gasteiger partial charge in [-0.15, -0.1) is 0 Å². The van der Waals surface area contributed by atoms with Crippen molar-refractivity contribution in [3.63, 3.8) is 0 Å². The smallest absolute Gasteiger partial charge is 0.318 e. The Bertz CT molecular complexity index is 499. The maximum absolute atomic E-state index is 11.3. The zero-order valence-electron chi connectivity index (χ0n) is 11.8. The van der Waals surface area contributed by atoms with E-state index in [0.29, 0.717) is 13.0 Å². The molecular formula is C14H18N2O5. The number of urea groups is 1. The third kappa shape index (κ3) is 7.56. The lowest BCUT2D eigenvalue weighted by atomic mass is 10.2. The predicted molar refractivity (Wildman–Crippen MR) is 74.6 cm³/mol. The highest BCUT2D eigenvalue weighted by molar-refractivity contribution is 5.94. The number of esters is 1. The molecule has 3 amide bonds. The fourth-order valence-corrected chi connectivity index (χ4v) is 1.43. The van der Waals surface area contributed by atoms with E-state index < -0.39 is 24.5 Å². The molecule has 1 aromatic rings. The molecule has 0 spiro atoms. The van der Waals surface area contributed by atoms with Gasteiger partial charge in [-0.25, -0.2) is 4.79 Å². The number of hydrogen-bond acceptors (Lipinski definition) is 5. The van der Waals surface area contributed by atoms with Gasteiger partial charge in [0.05, 0.1) is 6.61 Å². The third-order valence-electron chi connectivity index (χ3n) is 2.44. The predicted octanol–water partition coefficient (Wildman–Crippen LogP) is 0.892. The Labute approximate surface area is 122 Å². The first kappa shape index (κ1) is 16.5. The number of rotatable bonds is 7. The number of carbonyl (C=O) groups is 3. The van der Waals surface area contributed by atoms with Gasteiger partial charge in [0, 0.05) is 6.42 Å². The number of imide groups is 1. The molecule has 1 aromatic carbocycles. The quantitative estimate of drug-likeness (QED) is 0.573. The van der Waals surface area contributed by atoms with E-state index in [2.05, 4.69) is 4.74 Å². The molecule has 7 nitrogen and oxygen atoms in total. The van der Waals surface area contributed by atoms with Crippen LogP contribution in [0.1, 0.15) is 18.4 Å². The molecule has 21 heavy (non-hydrogen) atoms. The van der Waals surface area contributed by atoms with E-state index in [1.165, 1.54) is 0 Å². The molecule has 7 heteroatoms. The lowest BCUT2D eigenvalue weighted by Gasteiger charge is -2.06. The summed E-state index contributed by atoms with van der Waals surface area (Å²) in [5.41, 5.74) is 5.87. The lowest BCUT2D eigenvalue weighted by Crippen LogP contribution is -2.37. The first-order valence-electron chi connectivity index (χ1n) is 6.42. The molecule has 0 fully saturated rings. The Morgan fingerprint density at radius 3 is 2.48 bits per heavy atom. The third-order valence-corrected chi connectivity index (χ3v) is 2.44. The Morgan fingerprint density at radius 1 is 1.19 bits per heavy atom. The van der Waals surface area contributed by atoms with Crippen molar-refractivity contribution in [3.8, 4) is 5.75 Å². The molecule has 1 rings (SSSR count). The summed E-state index contributed by atoms with van der Waals surface area (Å²) in [5.74, 6) is -0.566. The van der Waals surface area contributed by atoms with Gasteiger partial charge in [-0.3, -0.25) is 14.9 Å². The van der Waals surface area contributed by atoms with Crippen molar-refractivity contribution in [3.05, 3.63) is 29.8 Å². The van der Waals surface area contributed by atoms with Crippen LogP contribution in [0.2, 0.25) is 0 Å². The standard InChI is InChI=1S/C14H18N2O5/c1-10-4-6-11(7-5-10)20-8-2-3-13(18)21-9-12(17)16-14(15)19/h4-7H,2-3,8-9H2,1H3,(H3,15,16,17,19). The van der Waals surface area contributed by atoms with Crippen LogP contribution in [0.25, 0.3) is 0 Å². The van der Waals surface area contributed by atoms with E-state index in [1.807, 2.05) is 31.2 Å². The summed E-state index contributed by atoms with van der Waals surface area (Å²) in [7, 11) is 0. The Kier molecular flexibility index (Phi) is 6.73. The maximum atomic E-state index is 11.3. The van der Waals surface area contributed by atoms with Gasteiger partial charge in [0.25, 0.3) is 5.91 Å². The summed E-state index contributed by atoms with van der Waals surface area (Å²) in [6.45, 7) is 1.82. The summed E-state index contributed by atoms with van der Waals surface area (Å²) in [4.78, 5) is 32.7. The fourth-order valence-electron chi connectivity index (χ4n) is 1.43. The second-order valence-corrected chi connectivity index (χ2v) is 4.34. The molecule has 114 valence electrons. The molecule has 0 bridgehead atoms. The van der Waals surface area contributed by atoms with Crippen molar-refractivity contribution in [1.82, 2.24) is 5.32 Å². The molecule has 0 unspecified atom stereocenters. The molecule has 0 radical (unpaired) electrons. The average Bonchev–Trinajstić information content (AvgIpc) is 2.42. The van der Waals surface area contributed by atoms with E-state index >= 15 is 0 Å². The fraction of sp³-hybridized carbons (Fsp3) is 0.357. The topological polar surface area (TPSA) is 108 Å². The molecule has 0 heterocycles. The zero-order valence-corrected chi connectivity index (χ0v) is 11.8. The van der Waals surface area contributed by atoms with Gasteiger partial charge < -0.3 is 15.2 Å². The molecule has 0 saturated heterocycles. The largest absolute Gasteiger partial charge is 0.494 e. The van der Waals surface area contributed by atoms with Crippen molar-refractivity contribution < 1.29 is 23.9 Å². The van der Waals surface area contributed by atoms with Crippen LogP contribution in [0.4, 0.5) is 4.79 Å². The van der Waals surface area contributed by atoms with Crippen LogP contribution >= 0.6 is 0 Å². The van der Waals surface area contributed by atoms with E-state index in [-0.39, 0.29) is 6.42 Å². The molecule has 0 aliphatic rings. The van der Waals surface area contributed by atoms with Gasteiger partial charge >= 0.3 is 12.0 Å². The SMILES string of the molecule is Cc1ccc(OCCCC(=O)OCC(=O)NC(N)=O)cc1. The van der Waals surface area contributed by atoms with Gasteiger partial charge in [0.2, 0.25) is 0 Å². The maximum Gasteiger partial charge on any atom is 0.318 e. The van der Waals surface area contributed by atoms with Crippen molar-refractivity contribution >= 4 is 17.9 Å². The highest BCUT2D eigenvalue weighted by Crippen LogP contribution is 2.11. The minimum atomic E-state index is -0.984. The van der Waals surface area contributed by atoms with Crippen LogP contribution in [-0.4, -0.2) is 31.1 Å². The van der Waals surface area contributed by atoms with Crippen molar-refractivity contribution in [2.45, 2.75) is 19.8 Å². The number of nitrogens with two attached hydrogens (primary N) is 1. The molecule has 0 aliphatic carbocycles. The van der Waals surface area contributed by atoms with Crippen LogP contribution in [-0.2, 0) is 14.3 Å². The van der Waals surface area contributed by atoms with Crippen molar-refractivity contribution in [2.75, 3.05) is 13.2 Å². The minimum absolute atomic E-state index is 0.121. The summed E-state index contributed by atoms with van der Waals surface area (Å²) in [5, 5.41) is 1.79. The van der Waals surface area contributed by atoms with Crippen LogP contribution < -0.4 is 15.8 Å². The first-order chi connectivity index (χ1) is 9.97. The second-order valence-electron chi connectivity index (χ2n) is 4.34. The monoisotopic (exact) mass is 294 g/mol. The van der Waals surface area contributed by atoms with Crippen molar-refractivity contribution in [1.29, 1.82) is 0 Å². The number of ether oxygens (including phenoxy) is 2. The van der Waals surface area contributed by atoms with E-state index in [1.54, 1.807) is 5.32 Å². The summed E-state index contributed by atoms with van der Waals surface area (Å²) in [6, 6.07) is 6.58. The minimum Gasteiger partial charge on any atom is -0.494 e. The second kappa shape index (κ2) is 8.57. The lowest BCUT2D eigenvalue weighted by molar-refractivity contribution is -0.148. The molecule has 0 atom stereocenters. The first-order valence-corrected chi connectivity index (χ1v) is 6.42. The number of aryl methyl sites for hydroxylation is 1. The molecule has 0 aliphatic heterocycles. The zero-order chi connectivity index (χ0) is 15.7. The molecule has 0 aromatic heterocycles. The van der Waals surface area contributed by atoms with E-state index in [0.717, 1.165) is 11.3 Å². The van der Waals surface area contributed by atoms with Crippen LogP contribution in [0.3, 0.4) is 0 Å². The van der Waals surface area contributed by atoms with Gasteiger partial charge in [-0.2, -0.15) is 0 Å². The number of hydrogen-bond donors (Lipinski definition) is 2. The van der Waals surface area contributed by atoms with Crippen LogP contribution in [0.15, 0.2) is 24.3 Å². The Hall–Kier alpha value is -2.57. The number of primary amides is 1. The number of carbonyl (C=O) groups excluding carboxylic acids is 3. The Morgan fingerprint density at radius 2 is 1.86 bits per heavy atom. The van der Waals surface area contributed by atoms with Gasteiger partial charge in [0.15, 0.2) is 6.61 Å². The van der Waals surface area contributed by atoms with Gasteiger partial charge in [0.1, 0.15) is 5.75 Å². The van der Waals surface area contributed by atoms with E-state index in [4.69, 9.17) is 10.5 Å². The number of benzene rings is 1. The summed E-state index contributed by atoms with van der Waals surface area (Å²) < 4.78 is 10.1. The molecule has 3 N–H and O–H groups in total. The summed E-state index contributed by atoms with van der Waals surface area (Å²) in [6.07, 6.45) is 0.583. The highest BCUT2D eigenvalue weighted by Gasteiger charge is 2.08. The summed E-state index contributed by atoms with van der Waals surface area (Å²) >= 11 is 0. The van der Waals surface area contributed by atoms with Gasteiger partial charge in [-0.1, -0.05) is 17.7 Å². The Balaban J connectivity index is 2.12.